The van der Waals surface area contributed by atoms with Gasteiger partial charge in [0.05, 0.1) is 11.5 Å². The highest BCUT2D eigenvalue weighted by atomic mass is 32.2. The number of hydrogen-bond donors (Lipinski definition) is 3. The monoisotopic (exact) mass is 387 g/mol. The molecule has 26 heavy (non-hydrogen) atoms. The predicted molar refractivity (Wildman–Crippen MR) is 106 cm³/mol. The zero-order chi connectivity index (χ0) is 18.4. The number of rotatable bonds is 7. The van der Waals surface area contributed by atoms with E-state index < -0.39 is 0 Å². The second-order valence-electron chi connectivity index (χ2n) is 5.17. The number of aromatic nitrogens is 3. The van der Waals surface area contributed by atoms with Gasteiger partial charge >= 0.3 is 0 Å². The van der Waals surface area contributed by atoms with Crippen molar-refractivity contribution in [3.8, 4) is 0 Å². The van der Waals surface area contributed by atoms with E-state index in [0.29, 0.717) is 11.1 Å². The van der Waals surface area contributed by atoms with Crippen molar-refractivity contribution in [3.63, 3.8) is 0 Å². The van der Waals surface area contributed by atoms with Crippen LogP contribution < -0.4 is 16.6 Å². The molecule has 0 unspecified atom stereocenters. The molecule has 3 aromatic rings. The summed E-state index contributed by atoms with van der Waals surface area (Å²) in [6.07, 6.45) is 0. The van der Waals surface area contributed by atoms with Gasteiger partial charge in [-0.3, -0.25) is 4.79 Å². The first-order chi connectivity index (χ1) is 12.6. The van der Waals surface area contributed by atoms with E-state index in [2.05, 4.69) is 26.0 Å². The number of nitrogens with zero attached hydrogens (tertiary/aromatic N) is 4. The average molecular weight is 387 g/mol. The van der Waals surface area contributed by atoms with E-state index >= 15 is 0 Å². The third kappa shape index (κ3) is 4.61. The number of benzene rings is 1. The summed E-state index contributed by atoms with van der Waals surface area (Å²) >= 11 is 2.79. The largest absolute Gasteiger partial charge is 0.334 e. The SMILES string of the molecule is C/C(=N\Nc1nnc(SCC(=O)Nc2ccccc2)n1N)c1cccs1. The number of nitrogens with two attached hydrogens (primary N) is 1. The van der Waals surface area contributed by atoms with E-state index in [4.69, 9.17) is 5.84 Å². The van der Waals surface area contributed by atoms with E-state index in [1.165, 1.54) is 16.4 Å². The summed E-state index contributed by atoms with van der Waals surface area (Å²) < 4.78 is 1.27. The number of carbonyl (C=O) groups is 1. The third-order valence-electron chi connectivity index (χ3n) is 3.26. The van der Waals surface area contributed by atoms with Crippen LogP contribution in [0.2, 0.25) is 0 Å². The lowest BCUT2D eigenvalue weighted by molar-refractivity contribution is -0.113. The molecule has 0 spiro atoms. The molecule has 0 fully saturated rings. The van der Waals surface area contributed by atoms with Crippen LogP contribution in [-0.2, 0) is 4.79 Å². The minimum absolute atomic E-state index is 0.148. The number of amides is 1. The van der Waals surface area contributed by atoms with Gasteiger partial charge in [0.1, 0.15) is 0 Å². The van der Waals surface area contributed by atoms with Crippen molar-refractivity contribution in [3.05, 3.63) is 52.7 Å². The van der Waals surface area contributed by atoms with Crippen LogP contribution in [0.25, 0.3) is 0 Å². The molecule has 10 heteroatoms. The highest BCUT2D eigenvalue weighted by molar-refractivity contribution is 7.99. The smallest absolute Gasteiger partial charge is 0.264 e. The fourth-order valence-corrected chi connectivity index (χ4v) is 3.31. The molecular formula is C16H17N7OS2. The van der Waals surface area contributed by atoms with E-state index in [0.717, 1.165) is 16.3 Å². The fourth-order valence-electron chi connectivity index (χ4n) is 1.97. The standard InChI is InChI=1S/C16H17N7OS2/c1-11(13-8-5-9-25-13)19-20-15-21-22-16(23(15)17)26-10-14(24)18-12-6-3-2-4-7-12/h2-9H,10,17H2,1H3,(H,18,24)(H,20,21)/b19-11+. The zero-order valence-electron chi connectivity index (χ0n) is 13.9. The third-order valence-corrected chi connectivity index (χ3v) is 5.18. The number of hydrazone groups is 1. The van der Waals surface area contributed by atoms with Gasteiger partial charge in [-0.15, -0.1) is 21.5 Å². The molecule has 8 nitrogen and oxygen atoms in total. The maximum atomic E-state index is 12.0. The van der Waals surface area contributed by atoms with Crippen molar-refractivity contribution < 1.29 is 4.79 Å². The van der Waals surface area contributed by atoms with Gasteiger partial charge in [0.25, 0.3) is 5.95 Å². The molecule has 0 aliphatic rings. The molecule has 2 heterocycles. The topological polar surface area (TPSA) is 110 Å². The van der Waals surface area contributed by atoms with Gasteiger partial charge in [-0.1, -0.05) is 36.0 Å². The Morgan fingerprint density at radius 1 is 1.27 bits per heavy atom. The van der Waals surface area contributed by atoms with Crippen molar-refractivity contribution >= 4 is 46.4 Å². The average Bonchev–Trinajstić information content (AvgIpc) is 3.29. The van der Waals surface area contributed by atoms with Crippen LogP contribution in [0, 0.1) is 0 Å². The first-order valence-electron chi connectivity index (χ1n) is 7.66. The number of thioether (sulfide) groups is 1. The van der Waals surface area contributed by atoms with Gasteiger partial charge < -0.3 is 11.2 Å². The molecule has 0 atom stereocenters. The normalized spacial score (nSPS) is 11.3. The van der Waals surface area contributed by atoms with Crippen LogP contribution in [0.5, 0.6) is 0 Å². The summed E-state index contributed by atoms with van der Waals surface area (Å²) in [5.74, 6) is 6.28. The van der Waals surface area contributed by atoms with Crippen LogP contribution in [-0.4, -0.2) is 32.2 Å². The number of para-hydroxylation sites is 1. The molecule has 1 amide bonds. The number of nitrogens with one attached hydrogen (secondary N) is 2. The minimum atomic E-state index is -0.148. The maximum Gasteiger partial charge on any atom is 0.264 e. The van der Waals surface area contributed by atoms with Gasteiger partial charge in [-0.2, -0.15) is 5.10 Å². The molecule has 0 bridgehead atoms. The highest BCUT2D eigenvalue weighted by Crippen LogP contribution is 2.17. The minimum Gasteiger partial charge on any atom is -0.334 e. The number of thiophene rings is 1. The molecular weight excluding hydrogens is 370 g/mol. The van der Waals surface area contributed by atoms with E-state index in [1.807, 2.05) is 54.8 Å². The van der Waals surface area contributed by atoms with Crippen LogP contribution in [0.15, 0.2) is 58.1 Å². The maximum absolute atomic E-state index is 12.0. The molecule has 1 aromatic carbocycles. The van der Waals surface area contributed by atoms with Crippen molar-refractivity contribution in [1.29, 1.82) is 0 Å². The van der Waals surface area contributed by atoms with Crippen molar-refractivity contribution in [2.75, 3.05) is 22.3 Å². The Labute approximate surface area is 158 Å². The summed E-state index contributed by atoms with van der Waals surface area (Å²) in [5, 5.41) is 17.4. The van der Waals surface area contributed by atoms with Crippen LogP contribution in [0.1, 0.15) is 11.8 Å². The number of hydrogen-bond acceptors (Lipinski definition) is 8. The molecule has 0 saturated carbocycles. The predicted octanol–water partition coefficient (Wildman–Crippen LogP) is 2.62. The van der Waals surface area contributed by atoms with Crippen LogP contribution in [0.3, 0.4) is 0 Å². The Kier molecular flexibility index (Phi) is 5.87. The lowest BCUT2D eigenvalue weighted by Crippen LogP contribution is -2.17. The Bertz CT molecular complexity index is 891. The summed E-state index contributed by atoms with van der Waals surface area (Å²) in [5.41, 5.74) is 4.36. The summed E-state index contributed by atoms with van der Waals surface area (Å²) in [6.45, 7) is 1.89. The van der Waals surface area contributed by atoms with Crippen molar-refractivity contribution in [2.45, 2.75) is 12.1 Å². The van der Waals surface area contributed by atoms with Gasteiger partial charge in [0.2, 0.25) is 11.1 Å². The van der Waals surface area contributed by atoms with Gasteiger partial charge in [-0.25, -0.2) is 10.1 Å². The van der Waals surface area contributed by atoms with E-state index in [-0.39, 0.29) is 11.7 Å². The number of anilines is 2. The molecule has 3 rings (SSSR count). The molecule has 134 valence electrons. The molecule has 4 N–H and O–H groups in total. The van der Waals surface area contributed by atoms with Crippen LogP contribution in [0.4, 0.5) is 11.6 Å². The lowest BCUT2D eigenvalue weighted by Gasteiger charge is -2.05. The fraction of sp³-hybridized carbons (Fsp3) is 0.125. The summed E-state index contributed by atoms with van der Waals surface area (Å²) in [4.78, 5) is 13.0. The first kappa shape index (κ1) is 18.0. The van der Waals surface area contributed by atoms with Gasteiger partial charge in [-0.05, 0) is 30.5 Å². The zero-order valence-corrected chi connectivity index (χ0v) is 15.5. The first-order valence-corrected chi connectivity index (χ1v) is 9.52. The Hall–Kier alpha value is -2.85. The summed E-state index contributed by atoms with van der Waals surface area (Å²) in [7, 11) is 0. The molecule has 0 radical (unpaired) electrons. The number of nitrogen functional groups attached to an aromatic ring is 1. The second kappa shape index (κ2) is 8.50. The quantitative estimate of drug-likeness (QED) is 0.249. The number of carbonyl (C=O) groups excluding carboxylic acids is 1. The molecule has 0 aliphatic carbocycles. The Balaban J connectivity index is 1.55. The Morgan fingerprint density at radius 2 is 2.08 bits per heavy atom. The van der Waals surface area contributed by atoms with E-state index in [9.17, 15) is 4.79 Å². The van der Waals surface area contributed by atoms with Gasteiger partial charge in [0.15, 0.2) is 0 Å². The highest BCUT2D eigenvalue weighted by Gasteiger charge is 2.12. The van der Waals surface area contributed by atoms with Gasteiger partial charge in [0, 0.05) is 10.6 Å². The summed E-state index contributed by atoms with van der Waals surface area (Å²) in [6, 6.07) is 13.2. The lowest BCUT2D eigenvalue weighted by atomic mass is 10.3. The van der Waals surface area contributed by atoms with Crippen molar-refractivity contribution in [1.82, 2.24) is 14.9 Å². The Morgan fingerprint density at radius 3 is 2.81 bits per heavy atom. The molecule has 0 saturated heterocycles. The van der Waals surface area contributed by atoms with Crippen LogP contribution >= 0.6 is 23.1 Å². The van der Waals surface area contributed by atoms with Crippen molar-refractivity contribution in [2.24, 2.45) is 5.10 Å². The molecule has 0 aliphatic heterocycles. The second-order valence-corrected chi connectivity index (χ2v) is 7.06. The van der Waals surface area contributed by atoms with E-state index in [1.54, 1.807) is 11.3 Å². The molecule has 2 aromatic heterocycles.